The Hall–Kier alpha value is -3.84. The lowest BCUT2D eigenvalue weighted by molar-refractivity contribution is 1.39. The van der Waals surface area contributed by atoms with Crippen LogP contribution in [-0.2, 0) is 0 Å². The first-order valence-corrected chi connectivity index (χ1v) is 11.6. The smallest absolute Gasteiger partial charge is 0.0735 e. The molecular formula is C32H25B. The van der Waals surface area contributed by atoms with Gasteiger partial charge in [-0.3, -0.25) is 0 Å². The number of aryl methyl sites for hydroxylation is 2. The third kappa shape index (κ3) is 3.08. The lowest BCUT2D eigenvalue weighted by atomic mass is 9.79. The maximum absolute atomic E-state index is 2.37. The van der Waals surface area contributed by atoms with Gasteiger partial charge in [0.05, 0.1) is 0 Å². The van der Waals surface area contributed by atoms with Gasteiger partial charge in [-0.05, 0) is 79.5 Å². The van der Waals surface area contributed by atoms with Gasteiger partial charge in [0, 0.05) is 0 Å². The summed E-state index contributed by atoms with van der Waals surface area (Å²) in [6, 6.07) is 37.7. The van der Waals surface area contributed by atoms with Crippen molar-refractivity contribution in [2.75, 3.05) is 0 Å². The van der Waals surface area contributed by atoms with Crippen molar-refractivity contribution in [3.8, 4) is 22.3 Å². The highest BCUT2D eigenvalue weighted by molar-refractivity contribution is 6.46. The highest BCUT2D eigenvalue weighted by atomic mass is 14.2. The van der Waals surface area contributed by atoms with Crippen LogP contribution in [0.5, 0.6) is 0 Å². The maximum atomic E-state index is 2.37. The zero-order valence-electron chi connectivity index (χ0n) is 19.3. The van der Waals surface area contributed by atoms with Crippen LogP contribution < -0.4 is 5.46 Å². The van der Waals surface area contributed by atoms with Crippen LogP contribution in [0.3, 0.4) is 0 Å². The third-order valence-electron chi connectivity index (χ3n) is 7.08. The lowest BCUT2D eigenvalue weighted by Gasteiger charge is -2.20. The second kappa shape index (κ2) is 7.64. The van der Waals surface area contributed by atoms with Gasteiger partial charge in [0.2, 0.25) is 0 Å². The quantitative estimate of drug-likeness (QED) is 0.203. The summed E-state index contributed by atoms with van der Waals surface area (Å²) in [4.78, 5) is 0. The fourth-order valence-corrected chi connectivity index (χ4v) is 5.61. The van der Waals surface area contributed by atoms with E-state index in [-0.39, 0.29) is 0 Å². The first-order valence-electron chi connectivity index (χ1n) is 11.6. The first kappa shape index (κ1) is 19.8. The molecule has 6 aromatic carbocycles. The van der Waals surface area contributed by atoms with Crippen LogP contribution in [0.1, 0.15) is 11.1 Å². The molecule has 0 bridgehead atoms. The van der Waals surface area contributed by atoms with E-state index in [1.54, 1.807) is 0 Å². The molecule has 0 spiro atoms. The Bertz CT molecular complexity index is 1610. The molecule has 0 aliphatic rings. The number of rotatable bonds is 2. The van der Waals surface area contributed by atoms with Gasteiger partial charge in [-0.2, -0.15) is 0 Å². The van der Waals surface area contributed by atoms with Gasteiger partial charge >= 0.3 is 0 Å². The summed E-state index contributed by atoms with van der Waals surface area (Å²) in [7, 11) is 2.25. The molecule has 6 rings (SSSR count). The monoisotopic (exact) mass is 420 g/mol. The molecule has 0 saturated heterocycles. The van der Waals surface area contributed by atoms with Gasteiger partial charge in [0.25, 0.3) is 0 Å². The SMILES string of the molecule is Bc1c2ccccc2c(-c2c(C)cc(-c3cccc4ccccc34)cc2C)c2ccccc12. The minimum absolute atomic E-state index is 1.28. The highest BCUT2D eigenvalue weighted by Gasteiger charge is 2.17. The Balaban J connectivity index is 1.67. The van der Waals surface area contributed by atoms with E-state index in [1.807, 2.05) is 0 Å². The molecule has 6 aromatic rings. The molecule has 0 radical (unpaired) electrons. The molecule has 0 amide bonds. The summed E-state index contributed by atoms with van der Waals surface area (Å²) >= 11 is 0. The second-order valence-corrected chi connectivity index (χ2v) is 9.10. The molecule has 156 valence electrons. The summed E-state index contributed by atoms with van der Waals surface area (Å²) < 4.78 is 0. The molecule has 0 atom stereocenters. The molecule has 0 unspecified atom stereocenters. The van der Waals surface area contributed by atoms with Crippen LogP contribution in [0.4, 0.5) is 0 Å². The topological polar surface area (TPSA) is 0 Å². The van der Waals surface area contributed by atoms with Crippen LogP contribution in [0.2, 0.25) is 0 Å². The maximum Gasteiger partial charge on any atom is 0.140 e. The Kier molecular flexibility index (Phi) is 4.59. The van der Waals surface area contributed by atoms with Crippen molar-refractivity contribution in [3.63, 3.8) is 0 Å². The lowest BCUT2D eigenvalue weighted by Crippen LogP contribution is -2.07. The van der Waals surface area contributed by atoms with Crippen molar-refractivity contribution < 1.29 is 0 Å². The Morgan fingerprint density at radius 1 is 0.485 bits per heavy atom. The molecule has 0 aliphatic heterocycles. The molecule has 0 nitrogen and oxygen atoms in total. The van der Waals surface area contributed by atoms with Gasteiger partial charge < -0.3 is 0 Å². The van der Waals surface area contributed by atoms with Crippen LogP contribution in [-0.4, -0.2) is 7.85 Å². The third-order valence-corrected chi connectivity index (χ3v) is 7.08. The Morgan fingerprint density at radius 3 is 1.58 bits per heavy atom. The largest absolute Gasteiger partial charge is 0.140 e. The van der Waals surface area contributed by atoms with E-state index in [0.29, 0.717) is 0 Å². The molecule has 0 saturated carbocycles. The molecule has 0 aliphatic carbocycles. The first-order chi connectivity index (χ1) is 16.1. The minimum Gasteiger partial charge on any atom is -0.0735 e. The van der Waals surface area contributed by atoms with Crippen LogP contribution >= 0.6 is 0 Å². The molecule has 0 aromatic heterocycles. The molecule has 33 heavy (non-hydrogen) atoms. The normalized spacial score (nSPS) is 11.5. The van der Waals surface area contributed by atoms with E-state index < -0.39 is 0 Å². The predicted molar refractivity (Wildman–Crippen MR) is 147 cm³/mol. The predicted octanol–water partition coefficient (Wildman–Crippen LogP) is 7.36. The zero-order valence-corrected chi connectivity index (χ0v) is 19.3. The van der Waals surface area contributed by atoms with Crippen molar-refractivity contribution >= 4 is 45.6 Å². The number of benzene rings is 6. The van der Waals surface area contributed by atoms with Crippen LogP contribution in [0, 0.1) is 13.8 Å². The summed E-state index contributed by atoms with van der Waals surface area (Å²) in [5, 5.41) is 7.92. The van der Waals surface area contributed by atoms with E-state index in [9.17, 15) is 0 Å². The summed E-state index contributed by atoms with van der Waals surface area (Å²) in [5.74, 6) is 0. The molecule has 0 fully saturated rings. The standard InChI is InChI=1S/C32H25B/c1-20-18-23(25-17-9-11-22-10-3-4-12-24(22)25)19-21(2)30(20)31-26-13-5-7-15-28(26)32(33)29-16-8-6-14-27(29)31/h3-19H,33H2,1-2H3. The van der Waals surface area contributed by atoms with E-state index >= 15 is 0 Å². The fourth-order valence-electron chi connectivity index (χ4n) is 5.61. The molecule has 0 N–H and O–H groups in total. The van der Waals surface area contributed by atoms with Gasteiger partial charge in [-0.15, -0.1) is 0 Å². The van der Waals surface area contributed by atoms with Crippen LogP contribution in [0.25, 0.3) is 54.6 Å². The van der Waals surface area contributed by atoms with Gasteiger partial charge in [-0.25, -0.2) is 0 Å². The molecular weight excluding hydrogens is 395 g/mol. The summed E-state index contributed by atoms with van der Waals surface area (Å²) in [6.45, 7) is 4.53. The van der Waals surface area contributed by atoms with Crippen molar-refractivity contribution in [2.45, 2.75) is 13.8 Å². The number of fused-ring (bicyclic) bond motifs is 3. The van der Waals surface area contributed by atoms with Gasteiger partial charge in [0.15, 0.2) is 0 Å². The summed E-state index contributed by atoms with van der Waals surface area (Å²) in [6.07, 6.45) is 0. The molecule has 1 heteroatoms. The fraction of sp³-hybridized carbons (Fsp3) is 0.0625. The number of hydrogen-bond acceptors (Lipinski definition) is 0. The van der Waals surface area contributed by atoms with Gasteiger partial charge in [-0.1, -0.05) is 109 Å². The Morgan fingerprint density at radius 2 is 0.970 bits per heavy atom. The molecule has 0 heterocycles. The highest BCUT2D eigenvalue weighted by Crippen LogP contribution is 2.41. The second-order valence-electron chi connectivity index (χ2n) is 9.10. The van der Waals surface area contributed by atoms with Crippen LogP contribution in [0.15, 0.2) is 103 Å². The summed E-state index contributed by atoms with van der Waals surface area (Å²) in [5.41, 5.74) is 9.27. The van der Waals surface area contributed by atoms with Crippen molar-refractivity contribution in [1.29, 1.82) is 0 Å². The van der Waals surface area contributed by atoms with Crippen molar-refractivity contribution in [1.82, 2.24) is 0 Å². The average molecular weight is 420 g/mol. The Labute approximate surface area is 195 Å². The minimum atomic E-state index is 1.28. The number of hydrogen-bond donors (Lipinski definition) is 0. The van der Waals surface area contributed by atoms with E-state index in [0.717, 1.165) is 0 Å². The average Bonchev–Trinajstić information content (AvgIpc) is 2.85. The van der Waals surface area contributed by atoms with Crippen molar-refractivity contribution in [3.05, 3.63) is 114 Å². The van der Waals surface area contributed by atoms with Gasteiger partial charge in [0.1, 0.15) is 7.85 Å². The zero-order chi connectivity index (χ0) is 22.5. The van der Waals surface area contributed by atoms with E-state index in [4.69, 9.17) is 0 Å². The van der Waals surface area contributed by atoms with E-state index in [2.05, 4.69) is 125 Å². The van der Waals surface area contributed by atoms with E-state index in [1.165, 1.54) is 71.2 Å². The van der Waals surface area contributed by atoms with Crippen molar-refractivity contribution in [2.24, 2.45) is 0 Å².